The third-order valence-corrected chi connectivity index (χ3v) is 18.9. The summed E-state index contributed by atoms with van der Waals surface area (Å²) in [5.41, 5.74) is 0. The lowest BCUT2D eigenvalue weighted by Crippen LogP contribution is -2.45. The molecule has 0 saturated carbocycles. The van der Waals surface area contributed by atoms with Gasteiger partial charge in [-0.1, -0.05) is 391 Å². The summed E-state index contributed by atoms with van der Waals surface area (Å²) in [5, 5.41) is 23.3. The van der Waals surface area contributed by atoms with E-state index < -0.39 is 12.1 Å². The number of hydrogen-bond acceptors (Lipinski definition) is 5. The summed E-state index contributed by atoms with van der Waals surface area (Å²) < 4.78 is 5.51. The SMILES string of the molecule is CCCCCCCC/C=C\CCCCCCCCCC(=O)OCCCCCCCCCCCCCCCC/C=C\CCCCCCCCCCCCCCCCCCCC(=O)NC(CO)C(O)/C=C/CCCCCCCCCCCCCCCCCCC. The van der Waals surface area contributed by atoms with Crippen LogP contribution in [0.3, 0.4) is 0 Å². The third kappa shape index (κ3) is 73.1. The van der Waals surface area contributed by atoms with Crippen LogP contribution in [0.1, 0.15) is 450 Å². The maximum absolute atomic E-state index is 12.5. The summed E-state index contributed by atoms with van der Waals surface area (Å²) in [6.07, 6.45) is 101. The molecule has 0 spiro atoms. The summed E-state index contributed by atoms with van der Waals surface area (Å²) in [4.78, 5) is 24.6. The Morgan fingerprint density at radius 3 is 0.807 bits per heavy atom. The number of carbonyl (C=O) groups is 2. The molecule has 0 radical (unpaired) electrons. The first-order valence-electron chi connectivity index (χ1n) is 40.3. The summed E-state index contributed by atoms with van der Waals surface area (Å²) in [5.74, 6) is -0.0429. The van der Waals surface area contributed by atoms with Crippen molar-refractivity contribution in [3.05, 3.63) is 36.5 Å². The highest BCUT2D eigenvalue weighted by molar-refractivity contribution is 5.76. The van der Waals surface area contributed by atoms with Gasteiger partial charge in [-0.2, -0.15) is 0 Å². The minimum atomic E-state index is -0.843. The number of aliphatic hydroxyl groups is 2. The second-order valence-corrected chi connectivity index (χ2v) is 27.7. The molecule has 0 heterocycles. The topological polar surface area (TPSA) is 95.9 Å². The normalized spacial score (nSPS) is 12.6. The van der Waals surface area contributed by atoms with Crippen molar-refractivity contribution < 1.29 is 24.5 Å². The summed E-state index contributed by atoms with van der Waals surface area (Å²) in [7, 11) is 0. The van der Waals surface area contributed by atoms with Gasteiger partial charge in [0.1, 0.15) is 0 Å². The fourth-order valence-corrected chi connectivity index (χ4v) is 12.7. The Bertz CT molecular complexity index is 1430. The fourth-order valence-electron chi connectivity index (χ4n) is 12.7. The Hall–Kier alpha value is -1.92. The Morgan fingerprint density at radius 2 is 0.534 bits per heavy atom. The smallest absolute Gasteiger partial charge is 0.305 e. The quantitative estimate of drug-likeness (QED) is 0.0320. The van der Waals surface area contributed by atoms with E-state index in [2.05, 4.69) is 43.5 Å². The van der Waals surface area contributed by atoms with Gasteiger partial charge in [-0.15, -0.1) is 0 Å². The van der Waals surface area contributed by atoms with Crippen molar-refractivity contribution in [3.63, 3.8) is 0 Å². The van der Waals surface area contributed by atoms with E-state index >= 15 is 0 Å². The molecule has 0 aliphatic rings. The zero-order valence-corrected chi connectivity index (χ0v) is 59.7. The van der Waals surface area contributed by atoms with Gasteiger partial charge in [0, 0.05) is 12.8 Å². The molecule has 6 heteroatoms. The molecule has 2 unspecified atom stereocenters. The largest absolute Gasteiger partial charge is 0.466 e. The van der Waals surface area contributed by atoms with Gasteiger partial charge in [0.2, 0.25) is 5.91 Å². The van der Waals surface area contributed by atoms with Crippen LogP contribution in [0.15, 0.2) is 36.5 Å². The van der Waals surface area contributed by atoms with Crippen LogP contribution >= 0.6 is 0 Å². The third-order valence-electron chi connectivity index (χ3n) is 18.9. The molecule has 2 atom stereocenters. The van der Waals surface area contributed by atoms with E-state index in [-0.39, 0.29) is 18.5 Å². The number of carbonyl (C=O) groups excluding carboxylic acids is 2. The van der Waals surface area contributed by atoms with Crippen molar-refractivity contribution in [1.82, 2.24) is 5.32 Å². The molecule has 0 saturated heterocycles. The molecule has 0 fully saturated rings. The van der Waals surface area contributed by atoms with Crippen molar-refractivity contribution in [2.75, 3.05) is 13.2 Å². The highest BCUT2D eigenvalue weighted by Crippen LogP contribution is 2.20. The molecule has 520 valence electrons. The van der Waals surface area contributed by atoms with Crippen LogP contribution in [0.4, 0.5) is 0 Å². The molecule has 0 bridgehead atoms. The standard InChI is InChI=1S/C82H157NO5/c1-3-5-7-9-11-13-15-17-19-21-39-43-46-50-54-58-62-66-70-74-80(85)79(78-84)83-81(86)75-71-67-63-59-55-51-47-44-40-37-35-33-31-29-27-25-23-22-24-26-28-30-32-34-36-38-41-45-49-53-57-61-65-69-73-77-88-82(87)76-72-68-64-60-56-52-48-42-20-18-16-14-12-10-8-6-4-2/h18,20,24,26,70,74,79-80,84-85H,3-17,19,21-23,25,27-69,71-73,75-78H2,1-2H3,(H,83,86)/b20-18-,26-24-,74-70+. The molecule has 1 amide bonds. The Morgan fingerprint density at radius 1 is 0.307 bits per heavy atom. The van der Waals surface area contributed by atoms with Crippen molar-refractivity contribution in [1.29, 1.82) is 0 Å². The minimum Gasteiger partial charge on any atom is -0.466 e. The number of allylic oxidation sites excluding steroid dienone is 5. The zero-order valence-electron chi connectivity index (χ0n) is 59.7. The van der Waals surface area contributed by atoms with Crippen LogP contribution in [0.5, 0.6) is 0 Å². The number of unbranched alkanes of at least 4 members (excludes halogenated alkanes) is 61. The van der Waals surface area contributed by atoms with Crippen molar-refractivity contribution >= 4 is 11.9 Å². The number of nitrogens with one attached hydrogen (secondary N) is 1. The van der Waals surface area contributed by atoms with E-state index in [0.29, 0.717) is 19.4 Å². The van der Waals surface area contributed by atoms with Gasteiger partial charge in [-0.25, -0.2) is 0 Å². The lowest BCUT2D eigenvalue weighted by atomic mass is 10.0. The molecular weight excluding hydrogens is 1080 g/mol. The number of rotatable bonds is 76. The second kappa shape index (κ2) is 77.5. The number of ether oxygens (including phenoxy) is 1. The molecule has 0 aromatic carbocycles. The van der Waals surface area contributed by atoms with Crippen LogP contribution in [0.2, 0.25) is 0 Å². The number of esters is 1. The predicted molar refractivity (Wildman–Crippen MR) is 389 cm³/mol. The molecule has 88 heavy (non-hydrogen) atoms. The Balaban J connectivity index is 3.35. The molecule has 0 aromatic heterocycles. The van der Waals surface area contributed by atoms with E-state index in [4.69, 9.17) is 4.74 Å². The number of hydrogen-bond donors (Lipinski definition) is 3. The monoisotopic (exact) mass is 1240 g/mol. The molecule has 0 aliphatic carbocycles. The second-order valence-electron chi connectivity index (χ2n) is 27.7. The minimum absolute atomic E-state index is 0.0174. The van der Waals surface area contributed by atoms with Gasteiger partial charge in [0.25, 0.3) is 0 Å². The summed E-state index contributed by atoms with van der Waals surface area (Å²) in [6, 6.07) is -0.626. The van der Waals surface area contributed by atoms with Gasteiger partial charge in [-0.05, 0) is 83.5 Å². The fraction of sp³-hybridized carbons (Fsp3) is 0.902. The van der Waals surface area contributed by atoms with Crippen LogP contribution < -0.4 is 5.32 Å². The van der Waals surface area contributed by atoms with E-state index in [0.717, 1.165) is 44.9 Å². The lowest BCUT2D eigenvalue weighted by Gasteiger charge is -2.20. The van der Waals surface area contributed by atoms with Crippen molar-refractivity contribution in [2.24, 2.45) is 0 Å². The van der Waals surface area contributed by atoms with Gasteiger partial charge in [0.05, 0.1) is 25.4 Å². The number of amides is 1. The maximum Gasteiger partial charge on any atom is 0.305 e. The van der Waals surface area contributed by atoms with Crippen LogP contribution in [0.25, 0.3) is 0 Å². The van der Waals surface area contributed by atoms with E-state index in [1.54, 1.807) is 6.08 Å². The zero-order chi connectivity index (χ0) is 63.5. The van der Waals surface area contributed by atoms with E-state index in [1.807, 2.05) is 6.08 Å². The van der Waals surface area contributed by atoms with Crippen LogP contribution in [-0.2, 0) is 14.3 Å². The highest BCUT2D eigenvalue weighted by Gasteiger charge is 2.18. The molecule has 0 aliphatic heterocycles. The first-order valence-corrected chi connectivity index (χ1v) is 40.3. The van der Waals surface area contributed by atoms with E-state index in [9.17, 15) is 19.8 Å². The molecule has 0 rings (SSSR count). The summed E-state index contributed by atoms with van der Waals surface area (Å²) in [6.45, 7) is 4.95. The first kappa shape index (κ1) is 86.1. The lowest BCUT2D eigenvalue weighted by molar-refractivity contribution is -0.143. The van der Waals surface area contributed by atoms with Crippen molar-refractivity contribution in [2.45, 2.75) is 463 Å². The average Bonchev–Trinajstić information content (AvgIpc) is 3.58. The van der Waals surface area contributed by atoms with Crippen LogP contribution in [-0.4, -0.2) is 47.4 Å². The Labute approximate surface area is 551 Å². The van der Waals surface area contributed by atoms with Gasteiger partial charge in [0.15, 0.2) is 0 Å². The van der Waals surface area contributed by atoms with Gasteiger partial charge < -0.3 is 20.3 Å². The Kier molecular flexibility index (Phi) is 75.8. The highest BCUT2D eigenvalue weighted by atomic mass is 16.5. The average molecular weight is 1240 g/mol. The van der Waals surface area contributed by atoms with Gasteiger partial charge >= 0.3 is 5.97 Å². The summed E-state index contributed by atoms with van der Waals surface area (Å²) >= 11 is 0. The maximum atomic E-state index is 12.5. The van der Waals surface area contributed by atoms with Gasteiger partial charge in [-0.3, -0.25) is 9.59 Å². The van der Waals surface area contributed by atoms with E-state index in [1.165, 1.54) is 379 Å². The molecular formula is C82H157NO5. The molecule has 3 N–H and O–H groups in total. The van der Waals surface area contributed by atoms with Crippen molar-refractivity contribution in [3.8, 4) is 0 Å². The predicted octanol–water partition coefficient (Wildman–Crippen LogP) is 26.6. The number of aliphatic hydroxyl groups excluding tert-OH is 2. The van der Waals surface area contributed by atoms with Crippen LogP contribution in [0, 0.1) is 0 Å². The molecule has 0 aromatic rings. The molecule has 6 nitrogen and oxygen atoms in total. The first-order chi connectivity index (χ1) is 43.5.